The molecule has 1 aliphatic rings. The van der Waals surface area contributed by atoms with Gasteiger partial charge in [-0.25, -0.2) is 9.97 Å². The zero-order valence-corrected chi connectivity index (χ0v) is 20.9. The third-order valence-corrected chi connectivity index (χ3v) is 6.10. The van der Waals surface area contributed by atoms with Crippen LogP contribution in [0.5, 0.6) is 11.6 Å². The molecule has 6 rings (SSSR count). The Morgan fingerprint density at radius 1 is 1.21 bits per heavy atom. The van der Waals surface area contributed by atoms with Gasteiger partial charge in [0.1, 0.15) is 23.0 Å². The lowest BCUT2D eigenvalue weighted by Gasteiger charge is -2.15. The van der Waals surface area contributed by atoms with Crippen molar-refractivity contribution in [2.45, 2.75) is 19.4 Å². The molecule has 0 unspecified atom stereocenters. The number of nitrogens with one attached hydrogen (secondary N) is 3. The average Bonchev–Trinajstić information content (AvgIpc) is 3.67. The number of H-pyrrole nitrogens is 1. The summed E-state index contributed by atoms with van der Waals surface area (Å²) in [5.41, 5.74) is 3.18. The molecule has 4 aromatic heterocycles. The molecular weight excluding hydrogens is 492 g/mol. The van der Waals surface area contributed by atoms with Crippen LogP contribution in [0.3, 0.4) is 0 Å². The van der Waals surface area contributed by atoms with Crippen LogP contribution in [-0.2, 0) is 4.74 Å². The maximum Gasteiger partial charge on any atom is 0.251 e. The molecule has 1 aliphatic heterocycles. The van der Waals surface area contributed by atoms with Crippen molar-refractivity contribution in [1.82, 2.24) is 35.2 Å². The maximum absolute atomic E-state index is 12.0. The number of fused-ring (bicyclic) bond motifs is 2. The summed E-state index contributed by atoms with van der Waals surface area (Å²) in [7, 11) is 3.10. The molecule has 38 heavy (non-hydrogen) atoms. The zero-order chi connectivity index (χ0) is 26.2. The molecule has 13 heteroatoms. The fourth-order valence-corrected chi connectivity index (χ4v) is 4.26. The Bertz CT molecular complexity index is 1660. The minimum atomic E-state index is -0.221. The number of aryl methyl sites for hydroxylation is 1. The van der Waals surface area contributed by atoms with E-state index in [1.807, 2.05) is 0 Å². The van der Waals surface area contributed by atoms with Crippen LogP contribution in [0.4, 0.5) is 11.6 Å². The van der Waals surface area contributed by atoms with E-state index in [2.05, 4.69) is 40.5 Å². The molecule has 1 saturated heterocycles. The van der Waals surface area contributed by atoms with Crippen LogP contribution < -0.4 is 20.1 Å². The highest BCUT2D eigenvalue weighted by Gasteiger charge is 2.24. The fraction of sp³-hybridized carbons (Fsp3) is 0.280. The number of anilines is 2. The Morgan fingerprint density at radius 2 is 2.11 bits per heavy atom. The zero-order valence-electron chi connectivity index (χ0n) is 20.9. The Hall–Kier alpha value is -4.78. The van der Waals surface area contributed by atoms with E-state index in [1.54, 1.807) is 44.6 Å². The van der Waals surface area contributed by atoms with Crippen molar-refractivity contribution in [3.05, 3.63) is 42.0 Å². The predicted octanol–water partition coefficient (Wildman–Crippen LogP) is 3.14. The smallest absolute Gasteiger partial charge is 0.251 e. The van der Waals surface area contributed by atoms with Gasteiger partial charge in [-0.3, -0.25) is 4.79 Å². The third kappa shape index (κ3) is 4.32. The first-order valence-corrected chi connectivity index (χ1v) is 11.9. The van der Waals surface area contributed by atoms with Gasteiger partial charge in [0.25, 0.3) is 11.6 Å². The van der Waals surface area contributed by atoms with Crippen LogP contribution in [0.25, 0.3) is 33.7 Å². The molecule has 13 nitrogen and oxygen atoms in total. The minimum Gasteiger partial charge on any atom is -0.495 e. The maximum atomic E-state index is 12.0. The van der Waals surface area contributed by atoms with Crippen molar-refractivity contribution in [2.24, 2.45) is 0 Å². The second kappa shape index (κ2) is 9.59. The second-order valence-electron chi connectivity index (χ2n) is 8.62. The second-order valence-corrected chi connectivity index (χ2v) is 8.62. The van der Waals surface area contributed by atoms with Crippen LogP contribution >= 0.6 is 0 Å². The number of hydrogen-bond donors (Lipinski definition) is 3. The van der Waals surface area contributed by atoms with Gasteiger partial charge in [0.05, 0.1) is 43.2 Å². The van der Waals surface area contributed by atoms with Crippen LogP contribution in [-0.4, -0.2) is 69.3 Å². The number of carbonyl (C=O) groups excluding carboxylic acids is 1. The Labute approximate surface area is 216 Å². The van der Waals surface area contributed by atoms with E-state index in [9.17, 15) is 4.79 Å². The molecule has 3 N–H and O–H groups in total. The largest absolute Gasteiger partial charge is 0.495 e. The summed E-state index contributed by atoms with van der Waals surface area (Å²) < 4.78 is 22.9. The molecular formula is C25H24N8O5. The Morgan fingerprint density at radius 3 is 2.89 bits per heavy atom. The number of carbonyl (C=O) groups is 1. The number of methoxy groups -OCH3 is 1. The Balaban J connectivity index is 1.42. The third-order valence-electron chi connectivity index (χ3n) is 6.10. The summed E-state index contributed by atoms with van der Waals surface area (Å²) in [6.45, 7) is 2.83. The number of nitrogens with zero attached hydrogens (tertiary/aromatic N) is 5. The minimum absolute atomic E-state index is 0.162. The molecule has 1 aromatic carbocycles. The molecule has 5 aromatic rings. The summed E-state index contributed by atoms with van der Waals surface area (Å²) in [4.78, 5) is 37.8. The first-order chi connectivity index (χ1) is 18.5. The standard InChI is InChI=1S/C25H24N8O5/c1-12-29-17-10-28-20(31-23(17)37-12)15-9-27-21-19(15)24(38-14-6-7-36-11-14)33-25(32-21)30-16-5-4-13(22(34)26-2)8-18(16)35-3/h4-5,8-10,14H,6-7,11H2,1-3H3,(H,26,34)(H2,27,30,32,33)/t14-/m0/s1. The molecule has 1 fully saturated rings. The van der Waals surface area contributed by atoms with Crippen molar-refractivity contribution < 1.29 is 23.4 Å². The van der Waals surface area contributed by atoms with Gasteiger partial charge in [-0.05, 0) is 18.2 Å². The SMILES string of the molecule is CNC(=O)c1ccc(Nc2nc(O[C@H]3CCOC3)c3c(-c4ncc5nc(C)oc5n4)c[nH]c3n2)c(OC)c1. The number of amides is 1. The van der Waals surface area contributed by atoms with Gasteiger partial charge in [-0.15, -0.1) is 0 Å². The monoisotopic (exact) mass is 516 g/mol. The quantitative estimate of drug-likeness (QED) is 0.291. The number of aromatic nitrogens is 6. The van der Waals surface area contributed by atoms with Crippen molar-refractivity contribution in [2.75, 3.05) is 32.7 Å². The normalized spacial score (nSPS) is 15.2. The first-order valence-electron chi connectivity index (χ1n) is 11.9. The average molecular weight is 517 g/mol. The summed E-state index contributed by atoms with van der Waals surface area (Å²) in [6.07, 6.45) is 3.95. The van der Waals surface area contributed by atoms with Gasteiger partial charge < -0.3 is 34.2 Å². The summed E-state index contributed by atoms with van der Waals surface area (Å²) >= 11 is 0. The van der Waals surface area contributed by atoms with Gasteiger partial charge in [0.2, 0.25) is 11.8 Å². The number of hydrogen-bond acceptors (Lipinski definition) is 11. The molecule has 0 saturated carbocycles. The van der Waals surface area contributed by atoms with Crippen LogP contribution in [0.2, 0.25) is 0 Å². The van der Waals surface area contributed by atoms with E-state index in [0.717, 1.165) is 6.42 Å². The van der Waals surface area contributed by atoms with Crippen molar-refractivity contribution in [3.63, 3.8) is 0 Å². The van der Waals surface area contributed by atoms with Crippen molar-refractivity contribution in [3.8, 4) is 23.0 Å². The number of aromatic amines is 1. The molecule has 0 bridgehead atoms. The molecule has 0 aliphatic carbocycles. The van der Waals surface area contributed by atoms with Gasteiger partial charge >= 0.3 is 0 Å². The van der Waals surface area contributed by atoms with Gasteiger partial charge in [-0.1, -0.05) is 0 Å². The number of oxazole rings is 1. The van der Waals surface area contributed by atoms with E-state index >= 15 is 0 Å². The number of benzene rings is 1. The lowest BCUT2D eigenvalue weighted by Crippen LogP contribution is -2.18. The first kappa shape index (κ1) is 23.6. The van der Waals surface area contributed by atoms with Crippen LogP contribution in [0.1, 0.15) is 22.7 Å². The summed E-state index contributed by atoms with van der Waals surface area (Å²) in [5, 5.41) is 6.40. The molecule has 1 atom stereocenters. The predicted molar refractivity (Wildman–Crippen MR) is 137 cm³/mol. The highest BCUT2D eigenvalue weighted by atomic mass is 16.5. The van der Waals surface area contributed by atoms with E-state index in [0.29, 0.717) is 75.6 Å². The van der Waals surface area contributed by atoms with Crippen molar-refractivity contribution in [1.29, 1.82) is 0 Å². The lowest BCUT2D eigenvalue weighted by atomic mass is 10.1. The summed E-state index contributed by atoms with van der Waals surface area (Å²) in [5.74, 6) is 1.78. The topological polar surface area (TPSA) is 162 Å². The highest BCUT2D eigenvalue weighted by Crippen LogP contribution is 2.36. The summed E-state index contributed by atoms with van der Waals surface area (Å²) in [6, 6.07) is 5.05. The lowest BCUT2D eigenvalue weighted by molar-refractivity contribution is 0.0962. The van der Waals surface area contributed by atoms with E-state index in [1.165, 1.54) is 7.11 Å². The van der Waals surface area contributed by atoms with Crippen molar-refractivity contribution >= 4 is 39.8 Å². The Kier molecular flexibility index (Phi) is 5.96. The molecule has 194 valence electrons. The fourth-order valence-electron chi connectivity index (χ4n) is 4.26. The van der Waals surface area contributed by atoms with Gasteiger partial charge in [-0.2, -0.15) is 15.0 Å². The van der Waals surface area contributed by atoms with E-state index < -0.39 is 0 Å². The molecule has 1 amide bonds. The van der Waals surface area contributed by atoms with Crippen LogP contribution in [0, 0.1) is 6.92 Å². The van der Waals surface area contributed by atoms with Gasteiger partial charge in [0, 0.05) is 32.2 Å². The van der Waals surface area contributed by atoms with Gasteiger partial charge in [0.15, 0.2) is 11.7 Å². The van der Waals surface area contributed by atoms with E-state index in [-0.39, 0.29) is 18.0 Å². The molecule has 0 spiro atoms. The number of rotatable bonds is 7. The highest BCUT2D eigenvalue weighted by molar-refractivity contribution is 5.97. The molecule has 5 heterocycles. The number of ether oxygens (including phenoxy) is 3. The van der Waals surface area contributed by atoms with E-state index in [4.69, 9.17) is 18.6 Å². The van der Waals surface area contributed by atoms with Crippen LogP contribution in [0.15, 0.2) is 35.0 Å². The molecule has 0 radical (unpaired) electrons.